The van der Waals surface area contributed by atoms with E-state index in [2.05, 4.69) is 11.9 Å². The van der Waals surface area contributed by atoms with Crippen LogP contribution in [0.25, 0.3) is 10.9 Å². The van der Waals surface area contributed by atoms with Gasteiger partial charge in [0, 0.05) is 28.4 Å². The average Bonchev–Trinajstić information content (AvgIpc) is 2.80. The van der Waals surface area contributed by atoms with Gasteiger partial charge in [0.2, 0.25) is 0 Å². The molecule has 3 heteroatoms. The Bertz CT molecular complexity index is 698. The van der Waals surface area contributed by atoms with Crippen LogP contribution in [0.4, 0.5) is 5.69 Å². The summed E-state index contributed by atoms with van der Waals surface area (Å²) >= 11 is 0. The first-order valence-corrected chi connectivity index (χ1v) is 6.27. The van der Waals surface area contributed by atoms with Crippen molar-refractivity contribution in [2.75, 3.05) is 5.73 Å². The van der Waals surface area contributed by atoms with E-state index in [-0.39, 0.29) is 0 Å². The molecular weight excluding hydrogens is 236 g/mol. The van der Waals surface area contributed by atoms with Crippen LogP contribution in [0.2, 0.25) is 0 Å². The van der Waals surface area contributed by atoms with Crippen LogP contribution in [0.5, 0.6) is 5.75 Å². The summed E-state index contributed by atoms with van der Waals surface area (Å²) in [5, 5.41) is 1.15. The molecule has 1 heterocycles. The SMILES string of the molecule is Cc1ccc(OCc2c[nH]c3cc(N)ccc23)cc1. The van der Waals surface area contributed by atoms with E-state index in [0.717, 1.165) is 27.9 Å². The first kappa shape index (κ1) is 11.7. The van der Waals surface area contributed by atoms with Crippen LogP contribution in [0.1, 0.15) is 11.1 Å². The smallest absolute Gasteiger partial charge is 0.119 e. The van der Waals surface area contributed by atoms with Gasteiger partial charge in [-0.2, -0.15) is 0 Å². The van der Waals surface area contributed by atoms with Gasteiger partial charge in [0.15, 0.2) is 0 Å². The molecule has 1 aromatic heterocycles. The Balaban J connectivity index is 1.80. The molecule has 3 aromatic rings. The molecule has 0 bridgehead atoms. The summed E-state index contributed by atoms with van der Waals surface area (Å²) in [5.41, 5.74) is 9.94. The first-order valence-electron chi connectivity index (χ1n) is 6.27. The van der Waals surface area contributed by atoms with Crippen LogP contribution in [0.15, 0.2) is 48.7 Å². The maximum atomic E-state index is 5.79. The lowest BCUT2D eigenvalue weighted by Crippen LogP contribution is -1.94. The molecule has 19 heavy (non-hydrogen) atoms. The van der Waals surface area contributed by atoms with Crippen molar-refractivity contribution < 1.29 is 4.74 Å². The number of fused-ring (bicyclic) bond motifs is 1. The molecule has 0 aliphatic rings. The lowest BCUT2D eigenvalue weighted by molar-refractivity contribution is 0.307. The van der Waals surface area contributed by atoms with Crippen molar-refractivity contribution >= 4 is 16.6 Å². The fraction of sp³-hybridized carbons (Fsp3) is 0.125. The van der Waals surface area contributed by atoms with Crippen molar-refractivity contribution in [2.45, 2.75) is 13.5 Å². The van der Waals surface area contributed by atoms with E-state index in [4.69, 9.17) is 10.5 Å². The van der Waals surface area contributed by atoms with Gasteiger partial charge in [-0.05, 0) is 31.2 Å². The van der Waals surface area contributed by atoms with E-state index in [1.54, 1.807) is 0 Å². The molecule has 96 valence electrons. The third kappa shape index (κ3) is 2.40. The number of H-pyrrole nitrogens is 1. The van der Waals surface area contributed by atoms with E-state index >= 15 is 0 Å². The lowest BCUT2D eigenvalue weighted by Gasteiger charge is -2.05. The number of anilines is 1. The van der Waals surface area contributed by atoms with Gasteiger partial charge < -0.3 is 15.5 Å². The third-order valence-corrected chi connectivity index (χ3v) is 3.21. The number of ether oxygens (including phenoxy) is 1. The highest BCUT2D eigenvalue weighted by Gasteiger charge is 2.04. The van der Waals surface area contributed by atoms with Crippen LogP contribution in [-0.4, -0.2) is 4.98 Å². The normalized spacial score (nSPS) is 10.8. The number of aromatic amines is 1. The standard InChI is InChI=1S/C16H16N2O/c1-11-2-5-14(6-3-11)19-10-12-9-18-16-8-13(17)4-7-15(12)16/h2-9,18H,10,17H2,1H3. The maximum absolute atomic E-state index is 5.79. The Morgan fingerprint density at radius 3 is 2.68 bits per heavy atom. The molecule has 0 fully saturated rings. The molecule has 3 rings (SSSR count). The summed E-state index contributed by atoms with van der Waals surface area (Å²) in [5.74, 6) is 0.885. The van der Waals surface area contributed by atoms with E-state index in [0.29, 0.717) is 6.61 Å². The molecule has 2 aromatic carbocycles. The van der Waals surface area contributed by atoms with Crippen molar-refractivity contribution in [1.82, 2.24) is 4.98 Å². The minimum atomic E-state index is 0.549. The van der Waals surface area contributed by atoms with E-state index in [1.807, 2.05) is 48.7 Å². The molecule has 0 amide bonds. The number of aryl methyl sites for hydroxylation is 1. The number of nitrogens with one attached hydrogen (secondary N) is 1. The summed E-state index contributed by atoms with van der Waals surface area (Å²) in [6.07, 6.45) is 1.97. The quantitative estimate of drug-likeness (QED) is 0.699. The van der Waals surface area contributed by atoms with Crippen molar-refractivity contribution in [3.63, 3.8) is 0 Å². The lowest BCUT2D eigenvalue weighted by atomic mass is 10.1. The predicted octanol–water partition coefficient (Wildman–Crippen LogP) is 3.64. The van der Waals surface area contributed by atoms with E-state index in [1.165, 1.54) is 5.56 Å². The zero-order valence-corrected chi connectivity index (χ0v) is 10.8. The molecule has 3 nitrogen and oxygen atoms in total. The van der Waals surface area contributed by atoms with Crippen molar-refractivity contribution in [3.8, 4) is 5.75 Å². The van der Waals surface area contributed by atoms with Crippen LogP contribution < -0.4 is 10.5 Å². The van der Waals surface area contributed by atoms with Crippen molar-refractivity contribution in [3.05, 3.63) is 59.8 Å². The van der Waals surface area contributed by atoms with Crippen LogP contribution >= 0.6 is 0 Å². The number of hydrogen-bond donors (Lipinski definition) is 2. The number of nitrogens with two attached hydrogens (primary N) is 1. The molecule has 0 unspecified atom stereocenters. The number of benzene rings is 2. The van der Waals surface area contributed by atoms with Gasteiger partial charge in [0.25, 0.3) is 0 Å². The second kappa shape index (κ2) is 4.69. The summed E-state index contributed by atoms with van der Waals surface area (Å²) in [7, 11) is 0. The highest BCUT2D eigenvalue weighted by atomic mass is 16.5. The number of rotatable bonds is 3. The topological polar surface area (TPSA) is 51.0 Å². The molecule has 0 aliphatic heterocycles. The number of aromatic nitrogens is 1. The Hall–Kier alpha value is -2.42. The van der Waals surface area contributed by atoms with Crippen molar-refractivity contribution in [1.29, 1.82) is 0 Å². The van der Waals surface area contributed by atoms with Gasteiger partial charge in [-0.15, -0.1) is 0 Å². The monoisotopic (exact) mass is 252 g/mol. The van der Waals surface area contributed by atoms with Crippen LogP contribution in [0.3, 0.4) is 0 Å². The Labute approximate surface area is 112 Å². The molecule has 0 radical (unpaired) electrons. The zero-order valence-electron chi connectivity index (χ0n) is 10.8. The minimum absolute atomic E-state index is 0.549. The molecule has 3 N–H and O–H groups in total. The van der Waals surface area contributed by atoms with Crippen LogP contribution in [-0.2, 0) is 6.61 Å². The molecule has 0 aliphatic carbocycles. The third-order valence-electron chi connectivity index (χ3n) is 3.21. The van der Waals surface area contributed by atoms with Gasteiger partial charge in [-0.25, -0.2) is 0 Å². The minimum Gasteiger partial charge on any atom is -0.489 e. The number of hydrogen-bond acceptors (Lipinski definition) is 2. The van der Waals surface area contributed by atoms with E-state index < -0.39 is 0 Å². The molecule has 0 spiro atoms. The first-order chi connectivity index (χ1) is 9.22. The van der Waals surface area contributed by atoms with Gasteiger partial charge in [0.05, 0.1) is 0 Å². The average molecular weight is 252 g/mol. The fourth-order valence-corrected chi connectivity index (χ4v) is 2.12. The summed E-state index contributed by atoms with van der Waals surface area (Å²) < 4.78 is 5.79. The maximum Gasteiger partial charge on any atom is 0.119 e. The number of nitrogen functional groups attached to an aromatic ring is 1. The van der Waals surface area contributed by atoms with Gasteiger partial charge in [0.1, 0.15) is 12.4 Å². The molecule has 0 atom stereocenters. The van der Waals surface area contributed by atoms with Gasteiger partial charge >= 0.3 is 0 Å². The zero-order chi connectivity index (χ0) is 13.2. The largest absolute Gasteiger partial charge is 0.489 e. The second-order valence-electron chi connectivity index (χ2n) is 4.72. The Morgan fingerprint density at radius 2 is 1.89 bits per heavy atom. The molecular formula is C16H16N2O. The Morgan fingerprint density at radius 1 is 1.11 bits per heavy atom. The summed E-state index contributed by atoms with van der Waals surface area (Å²) in [6, 6.07) is 13.9. The fourth-order valence-electron chi connectivity index (χ4n) is 2.12. The van der Waals surface area contributed by atoms with Crippen molar-refractivity contribution in [2.24, 2.45) is 0 Å². The van der Waals surface area contributed by atoms with Gasteiger partial charge in [-0.1, -0.05) is 23.8 Å². The molecule has 0 saturated heterocycles. The second-order valence-corrected chi connectivity index (χ2v) is 4.72. The Kier molecular flexibility index (Phi) is 2.88. The van der Waals surface area contributed by atoms with Gasteiger partial charge in [-0.3, -0.25) is 0 Å². The van der Waals surface area contributed by atoms with Crippen LogP contribution in [0, 0.1) is 6.92 Å². The predicted molar refractivity (Wildman–Crippen MR) is 78.2 cm³/mol. The summed E-state index contributed by atoms with van der Waals surface area (Å²) in [4.78, 5) is 3.21. The molecule has 0 saturated carbocycles. The highest BCUT2D eigenvalue weighted by molar-refractivity contribution is 5.85. The van der Waals surface area contributed by atoms with E-state index in [9.17, 15) is 0 Å². The highest BCUT2D eigenvalue weighted by Crippen LogP contribution is 2.22. The summed E-state index contributed by atoms with van der Waals surface area (Å²) in [6.45, 7) is 2.61.